The lowest BCUT2D eigenvalue weighted by Gasteiger charge is -2.30. The van der Waals surface area contributed by atoms with Crippen molar-refractivity contribution in [2.45, 2.75) is 65.8 Å². The number of carbonyl (C=O) groups is 2. The molecule has 0 bridgehead atoms. The predicted octanol–water partition coefficient (Wildman–Crippen LogP) is 3.10. The molecule has 1 saturated heterocycles. The van der Waals surface area contributed by atoms with E-state index in [4.69, 9.17) is 0 Å². The van der Waals surface area contributed by atoms with Crippen molar-refractivity contribution in [1.82, 2.24) is 10.2 Å². The third-order valence-electron chi connectivity index (χ3n) is 4.21. The Labute approximate surface area is 128 Å². The van der Waals surface area contributed by atoms with Gasteiger partial charge in [-0.25, -0.2) is 9.59 Å². The maximum atomic E-state index is 12.3. The molecule has 0 aromatic rings. The van der Waals surface area contributed by atoms with Gasteiger partial charge in [-0.15, -0.1) is 0 Å². The lowest BCUT2D eigenvalue weighted by atomic mass is 9.87. The Hall–Kier alpha value is -1.26. The normalized spacial score (nSPS) is 21.5. The summed E-state index contributed by atoms with van der Waals surface area (Å²) in [6, 6.07) is -1.10. The number of urea groups is 1. The largest absolute Gasteiger partial charge is 0.480 e. The quantitative estimate of drug-likeness (QED) is 0.838. The molecule has 2 N–H and O–H groups in total. The molecule has 5 heteroatoms. The van der Waals surface area contributed by atoms with Crippen molar-refractivity contribution in [3.8, 4) is 0 Å². The summed E-state index contributed by atoms with van der Waals surface area (Å²) >= 11 is 0. The fraction of sp³-hybridized carbons (Fsp3) is 0.875. The van der Waals surface area contributed by atoms with Crippen molar-refractivity contribution >= 4 is 12.0 Å². The lowest BCUT2D eigenvalue weighted by Crippen LogP contribution is -2.53. The summed E-state index contributed by atoms with van der Waals surface area (Å²) in [4.78, 5) is 25.4. The van der Waals surface area contributed by atoms with Crippen molar-refractivity contribution in [3.63, 3.8) is 0 Å². The van der Waals surface area contributed by atoms with Gasteiger partial charge in [0, 0.05) is 13.1 Å². The predicted molar refractivity (Wildman–Crippen MR) is 83.2 cm³/mol. The molecule has 122 valence electrons. The molecule has 0 spiro atoms. The van der Waals surface area contributed by atoms with Gasteiger partial charge in [0.2, 0.25) is 0 Å². The molecule has 2 atom stereocenters. The molecule has 5 nitrogen and oxygen atoms in total. The van der Waals surface area contributed by atoms with Gasteiger partial charge in [-0.2, -0.15) is 0 Å². The average molecular weight is 298 g/mol. The van der Waals surface area contributed by atoms with Gasteiger partial charge in [-0.05, 0) is 30.6 Å². The van der Waals surface area contributed by atoms with Crippen LogP contribution in [0.25, 0.3) is 0 Å². The second kappa shape index (κ2) is 7.66. The van der Waals surface area contributed by atoms with E-state index in [-0.39, 0.29) is 6.03 Å². The number of rotatable bonds is 4. The minimum Gasteiger partial charge on any atom is -0.480 e. The van der Waals surface area contributed by atoms with E-state index in [1.54, 1.807) is 4.90 Å². The van der Waals surface area contributed by atoms with E-state index in [0.717, 1.165) is 25.9 Å². The van der Waals surface area contributed by atoms with Crippen molar-refractivity contribution in [2.75, 3.05) is 13.1 Å². The number of nitrogens with one attached hydrogen (secondary N) is 1. The molecule has 0 aliphatic carbocycles. The van der Waals surface area contributed by atoms with Crippen LogP contribution in [-0.2, 0) is 4.79 Å². The van der Waals surface area contributed by atoms with Crippen LogP contribution in [0.2, 0.25) is 0 Å². The number of likely N-dealkylation sites (tertiary alicyclic amines) is 1. The van der Waals surface area contributed by atoms with Crippen LogP contribution in [0.3, 0.4) is 0 Å². The molecule has 0 aromatic carbocycles. The van der Waals surface area contributed by atoms with Crippen LogP contribution < -0.4 is 5.32 Å². The molecule has 2 unspecified atom stereocenters. The van der Waals surface area contributed by atoms with E-state index in [1.165, 1.54) is 19.3 Å². The Kier molecular flexibility index (Phi) is 6.49. The Balaban J connectivity index is 2.60. The highest BCUT2D eigenvalue weighted by atomic mass is 16.4. The van der Waals surface area contributed by atoms with E-state index in [2.05, 4.69) is 12.2 Å². The van der Waals surface area contributed by atoms with Crippen LogP contribution >= 0.6 is 0 Å². The summed E-state index contributed by atoms with van der Waals surface area (Å²) < 4.78 is 0. The van der Waals surface area contributed by atoms with Gasteiger partial charge in [0.25, 0.3) is 0 Å². The molecule has 0 saturated carbocycles. The number of carboxylic acids is 1. The molecule has 0 radical (unpaired) electrons. The van der Waals surface area contributed by atoms with Crippen LogP contribution in [-0.4, -0.2) is 41.1 Å². The first kappa shape index (κ1) is 17.8. The molecule has 2 amide bonds. The molecule has 1 aliphatic heterocycles. The smallest absolute Gasteiger partial charge is 0.326 e. The number of nitrogens with zero attached hydrogens (tertiary/aromatic N) is 1. The van der Waals surface area contributed by atoms with E-state index in [1.807, 2.05) is 20.8 Å². The molecule has 1 heterocycles. The maximum absolute atomic E-state index is 12.3. The van der Waals surface area contributed by atoms with Gasteiger partial charge in [-0.3, -0.25) is 0 Å². The number of aliphatic carboxylic acids is 1. The van der Waals surface area contributed by atoms with Crippen molar-refractivity contribution in [2.24, 2.45) is 11.3 Å². The first-order valence-electron chi connectivity index (χ1n) is 8.04. The SMILES string of the molecule is CCCC1CCCN(C(=O)NC(C(=O)O)C(C)(C)C)CC1. The number of amides is 2. The van der Waals surface area contributed by atoms with Crippen LogP contribution in [0, 0.1) is 11.3 Å². The first-order chi connectivity index (χ1) is 9.75. The standard InChI is InChI=1S/C16H30N2O3/c1-5-7-12-8-6-10-18(11-9-12)15(21)17-13(14(19)20)16(2,3)4/h12-13H,5-11H2,1-4H3,(H,17,21)(H,19,20). The fourth-order valence-corrected chi connectivity index (χ4v) is 2.93. The van der Waals surface area contributed by atoms with Crippen LogP contribution in [0.4, 0.5) is 4.79 Å². The topological polar surface area (TPSA) is 69.6 Å². The molecular formula is C16H30N2O3. The minimum absolute atomic E-state index is 0.241. The van der Waals surface area contributed by atoms with Gasteiger partial charge in [0.15, 0.2) is 0 Å². The second-order valence-corrected chi connectivity index (χ2v) is 7.16. The van der Waals surface area contributed by atoms with E-state index in [0.29, 0.717) is 5.92 Å². The molecule has 0 aromatic heterocycles. The highest BCUT2D eigenvalue weighted by molar-refractivity contribution is 5.83. The van der Waals surface area contributed by atoms with Gasteiger partial charge in [0.1, 0.15) is 6.04 Å². The molecule has 1 fully saturated rings. The molecule has 21 heavy (non-hydrogen) atoms. The van der Waals surface area contributed by atoms with E-state index >= 15 is 0 Å². The fourth-order valence-electron chi connectivity index (χ4n) is 2.93. The first-order valence-corrected chi connectivity index (χ1v) is 8.04. The highest BCUT2D eigenvalue weighted by Gasteiger charge is 2.34. The molecule has 1 aliphatic rings. The summed E-state index contributed by atoms with van der Waals surface area (Å²) in [6.45, 7) is 9.12. The Morgan fingerprint density at radius 1 is 1.29 bits per heavy atom. The maximum Gasteiger partial charge on any atom is 0.326 e. The van der Waals surface area contributed by atoms with Gasteiger partial charge >= 0.3 is 12.0 Å². The monoisotopic (exact) mass is 298 g/mol. The Morgan fingerprint density at radius 3 is 2.48 bits per heavy atom. The second-order valence-electron chi connectivity index (χ2n) is 7.16. The third kappa shape index (κ3) is 5.56. The summed E-state index contributed by atoms with van der Waals surface area (Å²) in [5.41, 5.74) is -0.502. The number of hydrogen-bond donors (Lipinski definition) is 2. The average Bonchev–Trinajstić information content (AvgIpc) is 2.60. The lowest BCUT2D eigenvalue weighted by molar-refractivity contribution is -0.142. The van der Waals surface area contributed by atoms with Gasteiger partial charge < -0.3 is 15.3 Å². The van der Waals surface area contributed by atoms with Gasteiger partial charge in [0.05, 0.1) is 0 Å². The Bertz CT molecular complexity index is 363. The zero-order chi connectivity index (χ0) is 16.0. The van der Waals surface area contributed by atoms with E-state index in [9.17, 15) is 14.7 Å². The zero-order valence-corrected chi connectivity index (χ0v) is 13.8. The summed E-state index contributed by atoms with van der Waals surface area (Å²) in [5, 5.41) is 12.0. The minimum atomic E-state index is -0.977. The van der Waals surface area contributed by atoms with Crippen LogP contribution in [0.5, 0.6) is 0 Å². The van der Waals surface area contributed by atoms with Crippen LogP contribution in [0.15, 0.2) is 0 Å². The van der Waals surface area contributed by atoms with Crippen LogP contribution in [0.1, 0.15) is 59.8 Å². The van der Waals surface area contributed by atoms with Crippen molar-refractivity contribution in [3.05, 3.63) is 0 Å². The summed E-state index contributed by atoms with van der Waals surface area (Å²) in [5.74, 6) is -0.278. The molecule has 1 rings (SSSR count). The zero-order valence-electron chi connectivity index (χ0n) is 13.8. The number of hydrogen-bond acceptors (Lipinski definition) is 2. The molecular weight excluding hydrogens is 268 g/mol. The number of carboxylic acid groups (broad SMARTS) is 1. The van der Waals surface area contributed by atoms with Gasteiger partial charge in [-0.1, -0.05) is 40.5 Å². The van der Waals surface area contributed by atoms with Crippen molar-refractivity contribution < 1.29 is 14.7 Å². The summed E-state index contributed by atoms with van der Waals surface area (Å²) in [6.07, 6.45) is 5.59. The Morgan fingerprint density at radius 2 is 1.95 bits per heavy atom. The van der Waals surface area contributed by atoms with Crippen molar-refractivity contribution in [1.29, 1.82) is 0 Å². The third-order valence-corrected chi connectivity index (χ3v) is 4.21. The number of carbonyl (C=O) groups excluding carboxylic acids is 1. The van der Waals surface area contributed by atoms with E-state index < -0.39 is 17.4 Å². The highest BCUT2D eigenvalue weighted by Crippen LogP contribution is 2.23. The summed E-state index contributed by atoms with van der Waals surface area (Å²) in [7, 11) is 0.